The van der Waals surface area contributed by atoms with E-state index in [0.29, 0.717) is 27.7 Å². The van der Waals surface area contributed by atoms with Crippen molar-refractivity contribution in [1.82, 2.24) is 0 Å². The second kappa shape index (κ2) is 9.06. The van der Waals surface area contributed by atoms with Gasteiger partial charge in [-0.1, -0.05) is 30.3 Å². The average Bonchev–Trinajstić information content (AvgIpc) is 2.70. The first-order valence-electron chi connectivity index (χ1n) is 9.12. The number of para-hydroxylation sites is 1. The van der Waals surface area contributed by atoms with E-state index in [1.54, 1.807) is 48.5 Å². The molecule has 3 rings (SSSR count). The summed E-state index contributed by atoms with van der Waals surface area (Å²) in [5.74, 6) is -0.0337. The third-order valence-corrected chi connectivity index (χ3v) is 5.92. The smallest absolute Gasteiger partial charge is 0.261 e. The summed E-state index contributed by atoms with van der Waals surface area (Å²) < 4.78 is 27.8. The van der Waals surface area contributed by atoms with Crippen LogP contribution in [0.1, 0.15) is 22.8 Å². The maximum Gasteiger partial charge on any atom is 0.261 e. The Morgan fingerprint density at radius 3 is 2.20 bits per heavy atom. The molecule has 3 aromatic carbocycles. The molecule has 0 bridgehead atoms. The quantitative estimate of drug-likeness (QED) is 0.377. The second-order valence-electron chi connectivity index (χ2n) is 6.66. The van der Waals surface area contributed by atoms with Crippen LogP contribution in [-0.4, -0.2) is 19.3 Å². The Hall–Kier alpha value is -3.23. The molecular weight excluding hydrogens is 418 g/mol. The van der Waals surface area contributed by atoms with E-state index in [2.05, 4.69) is 15.4 Å². The molecule has 0 aromatic heterocycles. The Bertz CT molecular complexity index is 1190. The van der Waals surface area contributed by atoms with Crippen LogP contribution in [0.25, 0.3) is 0 Å². The van der Waals surface area contributed by atoms with Gasteiger partial charge in [0.1, 0.15) is 0 Å². The molecule has 0 unspecified atom stereocenters. The lowest BCUT2D eigenvalue weighted by atomic mass is 10.1. The number of benzene rings is 3. The molecule has 0 radical (unpaired) electrons. The summed E-state index contributed by atoms with van der Waals surface area (Å²) in [6, 6.07) is 20.5. The van der Waals surface area contributed by atoms with Gasteiger partial charge in [-0.2, -0.15) is 0 Å². The molecule has 6 nitrogen and oxygen atoms in total. The van der Waals surface area contributed by atoms with Gasteiger partial charge in [0.25, 0.3) is 10.0 Å². The van der Waals surface area contributed by atoms with E-state index >= 15 is 0 Å². The molecule has 8 heteroatoms. The molecule has 0 atom stereocenters. The number of hydrogen-bond acceptors (Lipinski definition) is 4. The van der Waals surface area contributed by atoms with Gasteiger partial charge in [-0.3, -0.25) is 9.52 Å². The molecule has 30 heavy (non-hydrogen) atoms. The SMILES string of the molecule is CC(=O)c1cccc(NC(=S)Nc2ccc(S(=O)(=O)Nc3ccccc3C)cc2)c1. The van der Waals surface area contributed by atoms with Crippen LogP contribution in [0.15, 0.2) is 77.7 Å². The number of ketones is 1. The normalized spacial score (nSPS) is 10.9. The zero-order valence-corrected chi connectivity index (χ0v) is 18.1. The highest BCUT2D eigenvalue weighted by molar-refractivity contribution is 7.92. The summed E-state index contributed by atoms with van der Waals surface area (Å²) in [5.41, 5.74) is 3.27. The summed E-state index contributed by atoms with van der Waals surface area (Å²) in [5, 5.41) is 6.33. The third-order valence-electron chi connectivity index (χ3n) is 4.34. The highest BCUT2D eigenvalue weighted by Gasteiger charge is 2.15. The number of Topliss-reactive ketones (excluding diaryl/α,β-unsaturated/α-hetero) is 1. The number of anilines is 3. The van der Waals surface area contributed by atoms with Crippen molar-refractivity contribution in [2.45, 2.75) is 18.7 Å². The zero-order chi connectivity index (χ0) is 21.7. The summed E-state index contributed by atoms with van der Waals surface area (Å²) in [7, 11) is -3.70. The van der Waals surface area contributed by atoms with Crippen LogP contribution >= 0.6 is 12.2 Å². The lowest BCUT2D eigenvalue weighted by Gasteiger charge is -2.13. The summed E-state index contributed by atoms with van der Waals surface area (Å²) in [4.78, 5) is 11.6. The van der Waals surface area contributed by atoms with Crippen molar-refractivity contribution in [3.05, 3.63) is 83.9 Å². The monoisotopic (exact) mass is 439 g/mol. The van der Waals surface area contributed by atoms with Crippen LogP contribution in [-0.2, 0) is 10.0 Å². The molecule has 154 valence electrons. The van der Waals surface area contributed by atoms with Crippen LogP contribution < -0.4 is 15.4 Å². The van der Waals surface area contributed by atoms with Crippen molar-refractivity contribution in [1.29, 1.82) is 0 Å². The Balaban J connectivity index is 1.66. The largest absolute Gasteiger partial charge is 0.332 e. The molecule has 0 fully saturated rings. The van der Waals surface area contributed by atoms with Crippen molar-refractivity contribution < 1.29 is 13.2 Å². The van der Waals surface area contributed by atoms with E-state index in [1.165, 1.54) is 19.1 Å². The number of carbonyl (C=O) groups excluding carboxylic acids is 1. The van der Waals surface area contributed by atoms with E-state index < -0.39 is 10.0 Å². The minimum absolute atomic E-state index is 0.0337. The predicted molar refractivity (Wildman–Crippen MR) is 125 cm³/mol. The number of sulfonamides is 1. The molecule has 0 aliphatic heterocycles. The highest BCUT2D eigenvalue weighted by atomic mass is 32.2. The van der Waals surface area contributed by atoms with Gasteiger partial charge in [-0.25, -0.2) is 8.42 Å². The molecule has 0 heterocycles. The molecule has 0 aliphatic carbocycles. The van der Waals surface area contributed by atoms with Crippen LogP contribution in [0.3, 0.4) is 0 Å². The maximum absolute atomic E-state index is 12.6. The fourth-order valence-electron chi connectivity index (χ4n) is 2.72. The fraction of sp³-hybridized carbons (Fsp3) is 0.0909. The van der Waals surface area contributed by atoms with Gasteiger partial charge in [0.05, 0.1) is 10.6 Å². The Morgan fingerprint density at radius 1 is 0.867 bits per heavy atom. The Morgan fingerprint density at radius 2 is 1.53 bits per heavy atom. The van der Waals surface area contributed by atoms with E-state index in [1.807, 2.05) is 19.1 Å². The minimum Gasteiger partial charge on any atom is -0.332 e. The van der Waals surface area contributed by atoms with Gasteiger partial charge in [0.15, 0.2) is 10.9 Å². The molecule has 0 saturated carbocycles. The van der Waals surface area contributed by atoms with Gasteiger partial charge < -0.3 is 10.6 Å². The van der Waals surface area contributed by atoms with Crippen LogP contribution in [0, 0.1) is 6.92 Å². The van der Waals surface area contributed by atoms with Crippen LogP contribution in [0.5, 0.6) is 0 Å². The third kappa shape index (κ3) is 5.43. The first-order chi connectivity index (χ1) is 14.2. The summed E-state index contributed by atoms with van der Waals surface area (Å²) >= 11 is 5.30. The minimum atomic E-state index is -3.70. The van der Waals surface area contributed by atoms with Crippen LogP contribution in [0.4, 0.5) is 17.1 Å². The van der Waals surface area contributed by atoms with Crippen molar-refractivity contribution in [2.24, 2.45) is 0 Å². The first kappa shape index (κ1) is 21.5. The van der Waals surface area contributed by atoms with E-state index in [0.717, 1.165) is 5.56 Å². The zero-order valence-electron chi connectivity index (χ0n) is 16.5. The molecule has 3 N–H and O–H groups in total. The van der Waals surface area contributed by atoms with E-state index in [9.17, 15) is 13.2 Å². The standard InChI is InChI=1S/C22H21N3O3S2/c1-15-6-3-4-9-21(15)25-30(27,28)20-12-10-18(11-13-20)23-22(29)24-19-8-5-7-17(14-19)16(2)26/h3-14,25H,1-2H3,(H2,23,24,29). The van der Waals surface area contributed by atoms with Gasteiger partial charge in [0, 0.05) is 16.9 Å². The number of carbonyl (C=O) groups is 1. The lowest BCUT2D eigenvalue weighted by molar-refractivity contribution is 0.101. The summed E-state index contributed by atoms with van der Waals surface area (Å²) in [6.45, 7) is 3.34. The van der Waals surface area contributed by atoms with Crippen molar-refractivity contribution in [3.63, 3.8) is 0 Å². The second-order valence-corrected chi connectivity index (χ2v) is 8.75. The van der Waals surface area contributed by atoms with E-state index in [-0.39, 0.29) is 10.7 Å². The lowest BCUT2D eigenvalue weighted by Crippen LogP contribution is -2.19. The van der Waals surface area contributed by atoms with Gasteiger partial charge in [-0.15, -0.1) is 0 Å². The molecule has 0 amide bonds. The van der Waals surface area contributed by atoms with Crippen LogP contribution in [0.2, 0.25) is 0 Å². The molecule has 3 aromatic rings. The number of hydrogen-bond donors (Lipinski definition) is 3. The number of nitrogens with one attached hydrogen (secondary N) is 3. The maximum atomic E-state index is 12.6. The predicted octanol–water partition coefficient (Wildman–Crippen LogP) is 4.81. The van der Waals surface area contributed by atoms with Crippen molar-refractivity contribution >= 4 is 50.2 Å². The number of rotatable bonds is 6. The average molecular weight is 440 g/mol. The topological polar surface area (TPSA) is 87.3 Å². The highest BCUT2D eigenvalue weighted by Crippen LogP contribution is 2.21. The van der Waals surface area contributed by atoms with E-state index in [4.69, 9.17) is 12.2 Å². The fourth-order valence-corrected chi connectivity index (χ4v) is 4.08. The van der Waals surface area contributed by atoms with Crippen molar-refractivity contribution in [2.75, 3.05) is 15.4 Å². The molecule has 0 spiro atoms. The van der Waals surface area contributed by atoms with Gasteiger partial charge in [-0.05, 0) is 74.1 Å². The molecule has 0 saturated heterocycles. The van der Waals surface area contributed by atoms with Crippen molar-refractivity contribution in [3.8, 4) is 0 Å². The van der Waals surface area contributed by atoms with Gasteiger partial charge >= 0.3 is 0 Å². The Labute approximate surface area is 181 Å². The molecule has 0 aliphatic rings. The van der Waals surface area contributed by atoms with Gasteiger partial charge in [0.2, 0.25) is 0 Å². The number of thiocarbonyl (C=S) groups is 1. The molecular formula is C22H21N3O3S2. The Kier molecular flexibility index (Phi) is 6.49. The first-order valence-corrected chi connectivity index (χ1v) is 11.0. The number of aryl methyl sites for hydroxylation is 1. The summed E-state index contributed by atoms with van der Waals surface area (Å²) in [6.07, 6.45) is 0.